The second-order valence-electron chi connectivity index (χ2n) is 8.40. The summed E-state index contributed by atoms with van der Waals surface area (Å²) in [5.41, 5.74) is 0.770. The minimum absolute atomic E-state index is 0.0958. The van der Waals surface area contributed by atoms with Crippen LogP contribution in [0.25, 0.3) is 16.9 Å². The van der Waals surface area contributed by atoms with Crippen LogP contribution in [-0.4, -0.2) is 72.2 Å². The fourth-order valence-electron chi connectivity index (χ4n) is 3.47. The molecule has 1 fully saturated rings. The molecule has 0 bridgehead atoms. The lowest BCUT2D eigenvalue weighted by Gasteiger charge is -2.31. The molecule has 4 heterocycles. The lowest BCUT2D eigenvalue weighted by atomic mass is 9.96. The van der Waals surface area contributed by atoms with Gasteiger partial charge in [0.05, 0.1) is 6.54 Å². The first-order valence-electron chi connectivity index (χ1n) is 9.57. The molecule has 1 saturated heterocycles. The van der Waals surface area contributed by atoms with Crippen LogP contribution in [0.3, 0.4) is 0 Å². The summed E-state index contributed by atoms with van der Waals surface area (Å²) >= 11 is 0. The summed E-state index contributed by atoms with van der Waals surface area (Å²) in [5, 5.41) is 4.71. The number of fused-ring (bicyclic) bond motifs is 3. The van der Waals surface area contributed by atoms with Crippen molar-refractivity contribution in [3.05, 3.63) is 22.0 Å². The van der Waals surface area contributed by atoms with Crippen molar-refractivity contribution < 1.29 is 0 Å². The molecule has 0 radical (unpaired) electrons. The molecule has 27 heavy (non-hydrogen) atoms. The topological polar surface area (TPSA) is 87.3 Å². The van der Waals surface area contributed by atoms with Gasteiger partial charge in [0.1, 0.15) is 5.82 Å². The lowest BCUT2D eigenvalue weighted by Crippen LogP contribution is -2.44. The summed E-state index contributed by atoms with van der Waals surface area (Å²) in [7, 11) is 2.14. The molecule has 0 atom stereocenters. The van der Waals surface area contributed by atoms with Crippen LogP contribution in [0.5, 0.6) is 0 Å². The number of imidazole rings is 1. The molecule has 3 aromatic heterocycles. The van der Waals surface area contributed by atoms with Crippen LogP contribution in [-0.2, 0) is 18.5 Å². The van der Waals surface area contributed by atoms with Crippen molar-refractivity contribution in [1.82, 2.24) is 38.9 Å². The number of aromatic amines is 1. The van der Waals surface area contributed by atoms with Gasteiger partial charge in [-0.3, -0.25) is 14.3 Å². The zero-order valence-electron chi connectivity index (χ0n) is 16.8. The van der Waals surface area contributed by atoms with Crippen molar-refractivity contribution >= 4 is 16.9 Å². The van der Waals surface area contributed by atoms with E-state index in [1.807, 2.05) is 6.92 Å². The lowest BCUT2D eigenvalue weighted by molar-refractivity contribution is 0.145. The highest BCUT2D eigenvalue weighted by Crippen LogP contribution is 2.21. The second-order valence-corrected chi connectivity index (χ2v) is 8.40. The van der Waals surface area contributed by atoms with Crippen LogP contribution in [0.1, 0.15) is 39.3 Å². The van der Waals surface area contributed by atoms with Gasteiger partial charge in [-0.1, -0.05) is 20.8 Å². The average Bonchev–Trinajstić information content (AvgIpc) is 3.21. The standard InChI is InChI=1S/C18H28N8O/c1-6-25-15(27)13-14(21-16(20-13)18(2,3)4)26-17(25)19-12(22-26)11-24-9-7-23(5)8-10-24/h6-11H2,1-5H3,(H,20,21). The Balaban J connectivity index is 1.82. The number of hydrogen-bond donors (Lipinski definition) is 1. The summed E-state index contributed by atoms with van der Waals surface area (Å²) in [5.74, 6) is 2.07. The highest BCUT2D eigenvalue weighted by Gasteiger charge is 2.24. The number of likely N-dealkylation sites (N-methyl/N-ethyl adjacent to an activating group) is 1. The van der Waals surface area contributed by atoms with E-state index < -0.39 is 0 Å². The zero-order valence-corrected chi connectivity index (χ0v) is 16.8. The molecular formula is C18H28N8O. The van der Waals surface area contributed by atoms with E-state index in [9.17, 15) is 4.79 Å². The van der Waals surface area contributed by atoms with E-state index in [-0.39, 0.29) is 11.0 Å². The zero-order chi connectivity index (χ0) is 19.3. The summed E-state index contributed by atoms with van der Waals surface area (Å²) in [6, 6.07) is 0. The maximum Gasteiger partial charge on any atom is 0.281 e. The summed E-state index contributed by atoms with van der Waals surface area (Å²) in [6.07, 6.45) is 0. The van der Waals surface area contributed by atoms with Crippen LogP contribution in [0.15, 0.2) is 4.79 Å². The molecule has 0 amide bonds. The number of aryl methyl sites for hydroxylation is 1. The number of hydrogen-bond acceptors (Lipinski definition) is 6. The van der Waals surface area contributed by atoms with E-state index in [4.69, 9.17) is 5.10 Å². The first-order chi connectivity index (χ1) is 12.8. The molecule has 0 saturated carbocycles. The SMILES string of the molecule is CCn1c(=O)c2[nH]c(C(C)(C)C)nc2n2nc(CN3CCN(C)CC3)nc12. The third-order valence-corrected chi connectivity index (χ3v) is 5.21. The van der Waals surface area contributed by atoms with Crippen molar-refractivity contribution in [2.45, 2.75) is 46.2 Å². The van der Waals surface area contributed by atoms with Crippen molar-refractivity contribution in [2.75, 3.05) is 33.2 Å². The predicted molar refractivity (Wildman–Crippen MR) is 104 cm³/mol. The molecule has 1 aliphatic rings. The maximum atomic E-state index is 12.9. The minimum atomic E-state index is -0.182. The van der Waals surface area contributed by atoms with Crippen LogP contribution >= 0.6 is 0 Å². The molecule has 0 unspecified atom stereocenters. The predicted octanol–water partition coefficient (Wildman–Crippen LogP) is 0.832. The Morgan fingerprint density at radius 1 is 1.11 bits per heavy atom. The van der Waals surface area contributed by atoms with E-state index in [1.54, 1.807) is 9.08 Å². The second kappa shape index (κ2) is 6.42. The highest BCUT2D eigenvalue weighted by atomic mass is 16.1. The molecule has 9 heteroatoms. The number of rotatable bonds is 3. The monoisotopic (exact) mass is 372 g/mol. The molecule has 0 spiro atoms. The summed E-state index contributed by atoms with van der Waals surface area (Å²) in [4.78, 5) is 30.2. The fraction of sp³-hybridized carbons (Fsp3) is 0.667. The maximum absolute atomic E-state index is 12.9. The van der Waals surface area contributed by atoms with Gasteiger partial charge >= 0.3 is 0 Å². The summed E-state index contributed by atoms with van der Waals surface area (Å²) < 4.78 is 3.38. The molecule has 3 aromatic rings. The Morgan fingerprint density at radius 3 is 2.44 bits per heavy atom. The van der Waals surface area contributed by atoms with Crippen LogP contribution in [0.4, 0.5) is 0 Å². The largest absolute Gasteiger partial charge is 0.336 e. The molecule has 1 aliphatic heterocycles. The van der Waals surface area contributed by atoms with Gasteiger partial charge in [-0.25, -0.2) is 4.98 Å². The number of nitrogens with one attached hydrogen (secondary N) is 1. The van der Waals surface area contributed by atoms with Gasteiger partial charge in [0.25, 0.3) is 5.56 Å². The Bertz CT molecular complexity index is 1030. The molecular weight excluding hydrogens is 344 g/mol. The van der Waals surface area contributed by atoms with Gasteiger partial charge in [-0.15, -0.1) is 5.10 Å². The van der Waals surface area contributed by atoms with E-state index in [2.05, 4.69) is 52.6 Å². The van der Waals surface area contributed by atoms with E-state index in [1.165, 1.54) is 0 Å². The van der Waals surface area contributed by atoms with Crippen molar-refractivity contribution in [1.29, 1.82) is 0 Å². The molecule has 0 aromatic carbocycles. The molecule has 9 nitrogen and oxygen atoms in total. The molecule has 146 valence electrons. The van der Waals surface area contributed by atoms with Crippen LogP contribution in [0, 0.1) is 0 Å². The van der Waals surface area contributed by atoms with Crippen LogP contribution < -0.4 is 5.56 Å². The average molecular weight is 372 g/mol. The van der Waals surface area contributed by atoms with E-state index in [0.717, 1.165) is 37.8 Å². The van der Waals surface area contributed by atoms with Crippen molar-refractivity contribution in [3.63, 3.8) is 0 Å². The Kier molecular flexibility index (Phi) is 4.31. The van der Waals surface area contributed by atoms with Crippen LogP contribution in [0.2, 0.25) is 0 Å². The van der Waals surface area contributed by atoms with Gasteiger partial charge < -0.3 is 9.88 Å². The number of aromatic nitrogens is 6. The van der Waals surface area contributed by atoms with Gasteiger partial charge in [0.15, 0.2) is 17.0 Å². The Labute approximate surface area is 158 Å². The Hall–Kier alpha value is -2.26. The van der Waals surface area contributed by atoms with Crippen molar-refractivity contribution in [2.24, 2.45) is 0 Å². The molecule has 4 rings (SSSR count). The quantitative estimate of drug-likeness (QED) is 0.733. The van der Waals surface area contributed by atoms with Gasteiger partial charge in [0.2, 0.25) is 5.78 Å². The Morgan fingerprint density at radius 2 is 1.81 bits per heavy atom. The van der Waals surface area contributed by atoms with E-state index >= 15 is 0 Å². The van der Waals surface area contributed by atoms with Gasteiger partial charge in [-0.2, -0.15) is 9.50 Å². The smallest absolute Gasteiger partial charge is 0.281 e. The van der Waals surface area contributed by atoms with Gasteiger partial charge in [-0.05, 0) is 14.0 Å². The first-order valence-corrected chi connectivity index (χ1v) is 9.57. The fourth-order valence-corrected chi connectivity index (χ4v) is 3.47. The van der Waals surface area contributed by atoms with E-state index in [0.29, 0.717) is 30.0 Å². The summed E-state index contributed by atoms with van der Waals surface area (Å²) in [6.45, 7) is 13.5. The van der Waals surface area contributed by atoms with Crippen molar-refractivity contribution in [3.8, 4) is 0 Å². The highest BCUT2D eigenvalue weighted by molar-refractivity contribution is 5.72. The first kappa shape index (κ1) is 18.1. The van der Waals surface area contributed by atoms with Gasteiger partial charge in [0, 0.05) is 38.1 Å². The number of piperazine rings is 1. The molecule has 0 aliphatic carbocycles. The number of H-pyrrole nitrogens is 1. The third-order valence-electron chi connectivity index (χ3n) is 5.21. The third kappa shape index (κ3) is 3.14. The normalized spacial score (nSPS) is 17.4. The number of nitrogens with zero attached hydrogens (tertiary/aromatic N) is 7. The molecule has 1 N–H and O–H groups in total. The minimum Gasteiger partial charge on any atom is -0.336 e.